The van der Waals surface area contributed by atoms with Gasteiger partial charge in [0.15, 0.2) is 5.76 Å². The molecule has 0 saturated carbocycles. The van der Waals surface area contributed by atoms with E-state index < -0.39 is 5.97 Å². The first-order valence-corrected chi connectivity index (χ1v) is 4.73. The van der Waals surface area contributed by atoms with Gasteiger partial charge in [0, 0.05) is 0 Å². The van der Waals surface area contributed by atoms with Crippen molar-refractivity contribution in [2.45, 2.75) is 13.5 Å². The number of aryl methyl sites for hydroxylation is 1. The van der Waals surface area contributed by atoms with Crippen molar-refractivity contribution in [2.75, 3.05) is 5.32 Å². The van der Waals surface area contributed by atoms with Gasteiger partial charge in [-0.2, -0.15) is 0 Å². The van der Waals surface area contributed by atoms with Gasteiger partial charge in [-0.05, 0) is 13.0 Å². The van der Waals surface area contributed by atoms with Crippen LogP contribution in [0.1, 0.15) is 22.0 Å². The number of aromatic nitrogens is 1. The normalized spacial score (nSPS) is 12.8. The molecule has 1 aliphatic heterocycles. The number of carboxylic acids is 1. The predicted octanol–water partition coefficient (Wildman–Crippen LogP) is 1.87. The van der Waals surface area contributed by atoms with Gasteiger partial charge in [0.2, 0.25) is 5.69 Å². The van der Waals surface area contributed by atoms with Crippen LogP contribution in [0.2, 0.25) is 0 Å². The van der Waals surface area contributed by atoms with Crippen molar-refractivity contribution in [3.63, 3.8) is 0 Å². The Kier molecular flexibility index (Phi) is 1.62. The Morgan fingerprint density at radius 2 is 2.44 bits per heavy atom. The lowest BCUT2D eigenvalue weighted by Crippen LogP contribution is -2.09. The van der Waals surface area contributed by atoms with Gasteiger partial charge < -0.3 is 19.4 Å². The van der Waals surface area contributed by atoms with Gasteiger partial charge >= 0.3 is 5.97 Å². The van der Waals surface area contributed by atoms with Gasteiger partial charge in [0.1, 0.15) is 17.2 Å². The quantitative estimate of drug-likeness (QED) is 0.762. The van der Waals surface area contributed by atoms with Crippen molar-refractivity contribution in [1.29, 1.82) is 0 Å². The molecule has 0 saturated heterocycles. The van der Waals surface area contributed by atoms with E-state index in [1.54, 1.807) is 0 Å². The summed E-state index contributed by atoms with van der Waals surface area (Å²) in [5, 5.41) is 15.4. The molecule has 1 aliphatic rings. The Bertz CT molecular complexity index is 582. The number of furan rings is 1. The Morgan fingerprint density at radius 1 is 1.62 bits per heavy atom. The van der Waals surface area contributed by atoms with Crippen molar-refractivity contribution >= 4 is 11.7 Å². The third-order valence-electron chi connectivity index (χ3n) is 2.50. The lowest BCUT2D eigenvalue weighted by atomic mass is 10.1. The van der Waals surface area contributed by atoms with Crippen LogP contribution in [0.25, 0.3) is 11.3 Å². The maximum atomic E-state index is 10.9. The Balaban J connectivity index is 2.22. The maximum Gasteiger partial charge on any atom is 0.360 e. The molecule has 16 heavy (non-hydrogen) atoms. The van der Waals surface area contributed by atoms with Gasteiger partial charge in [-0.25, -0.2) is 4.79 Å². The highest BCUT2D eigenvalue weighted by atomic mass is 16.5. The van der Waals surface area contributed by atoms with Crippen LogP contribution in [0.15, 0.2) is 15.0 Å². The van der Waals surface area contributed by atoms with Crippen LogP contribution in [0.4, 0.5) is 5.69 Å². The molecule has 6 nitrogen and oxygen atoms in total. The van der Waals surface area contributed by atoms with Crippen LogP contribution in [-0.4, -0.2) is 16.2 Å². The summed E-state index contributed by atoms with van der Waals surface area (Å²) in [5.74, 6) is 0.808. The third-order valence-corrected chi connectivity index (χ3v) is 2.50. The minimum atomic E-state index is -1.11. The number of hydrogen-bond donors (Lipinski definition) is 2. The van der Waals surface area contributed by atoms with E-state index in [1.807, 2.05) is 13.0 Å². The molecule has 0 atom stereocenters. The molecule has 0 spiro atoms. The summed E-state index contributed by atoms with van der Waals surface area (Å²) in [5.41, 5.74) is 1.09. The summed E-state index contributed by atoms with van der Waals surface area (Å²) < 4.78 is 10.5. The molecule has 2 N–H and O–H groups in total. The van der Waals surface area contributed by atoms with Crippen LogP contribution in [-0.2, 0) is 6.54 Å². The van der Waals surface area contributed by atoms with Gasteiger partial charge in [0.05, 0.1) is 12.1 Å². The van der Waals surface area contributed by atoms with Crippen LogP contribution >= 0.6 is 0 Å². The van der Waals surface area contributed by atoms with E-state index in [9.17, 15) is 4.79 Å². The summed E-state index contributed by atoms with van der Waals surface area (Å²) in [4.78, 5) is 10.9. The summed E-state index contributed by atoms with van der Waals surface area (Å²) in [6.45, 7) is 2.27. The lowest BCUT2D eigenvalue weighted by Gasteiger charge is -2.10. The maximum absolute atomic E-state index is 10.9. The van der Waals surface area contributed by atoms with Gasteiger partial charge in [0.25, 0.3) is 0 Å². The van der Waals surface area contributed by atoms with E-state index in [0.29, 0.717) is 18.0 Å². The Hall–Kier alpha value is -2.24. The van der Waals surface area contributed by atoms with E-state index in [-0.39, 0.29) is 5.69 Å². The molecule has 0 bridgehead atoms. The molecule has 0 unspecified atom stereocenters. The molecule has 0 aliphatic carbocycles. The smallest absolute Gasteiger partial charge is 0.360 e. The van der Waals surface area contributed by atoms with E-state index in [0.717, 1.165) is 17.1 Å². The number of carbonyl (C=O) groups is 1. The van der Waals surface area contributed by atoms with Gasteiger partial charge in [-0.3, -0.25) is 0 Å². The number of hydrogen-bond acceptors (Lipinski definition) is 5. The molecule has 0 amide bonds. The van der Waals surface area contributed by atoms with E-state index in [2.05, 4.69) is 10.5 Å². The summed E-state index contributed by atoms with van der Waals surface area (Å²) >= 11 is 0. The number of aromatic carboxylic acids is 1. The monoisotopic (exact) mass is 220 g/mol. The number of fused-ring (bicyclic) bond motifs is 3. The topological polar surface area (TPSA) is 88.5 Å². The number of carboxylic acid groups (broad SMARTS) is 1. The molecule has 6 heteroatoms. The average molecular weight is 220 g/mol. The Labute approximate surface area is 89.8 Å². The van der Waals surface area contributed by atoms with E-state index in [1.165, 1.54) is 0 Å². The predicted molar refractivity (Wildman–Crippen MR) is 53.2 cm³/mol. The number of rotatable bonds is 1. The van der Waals surface area contributed by atoms with Crippen LogP contribution in [0, 0.1) is 6.92 Å². The molecule has 0 radical (unpaired) electrons. The first-order valence-electron chi connectivity index (χ1n) is 4.73. The molecule has 2 aromatic rings. The molecule has 2 aromatic heterocycles. The van der Waals surface area contributed by atoms with Crippen molar-refractivity contribution < 1.29 is 18.8 Å². The van der Waals surface area contributed by atoms with E-state index >= 15 is 0 Å². The molecular weight excluding hydrogens is 212 g/mol. The summed E-state index contributed by atoms with van der Waals surface area (Å²) in [7, 11) is 0. The second-order valence-corrected chi connectivity index (χ2v) is 3.59. The second kappa shape index (κ2) is 2.88. The standard InChI is InChI=1S/C10H8N2O4/c1-4-2-5-6(15-4)3-11-7-8(10(13)14)12-16-9(5)7/h2,11H,3H2,1H3,(H,13,14). The third kappa shape index (κ3) is 1.06. The fourth-order valence-corrected chi connectivity index (χ4v) is 1.84. The lowest BCUT2D eigenvalue weighted by molar-refractivity contribution is 0.0686. The van der Waals surface area contributed by atoms with Crippen molar-refractivity contribution in [3.05, 3.63) is 23.3 Å². The highest BCUT2D eigenvalue weighted by Gasteiger charge is 2.29. The number of nitrogens with zero attached hydrogens (tertiary/aromatic N) is 1. The number of nitrogens with one attached hydrogen (secondary N) is 1. The van der Waals surface area contributed by atoms with Gasteiger partial charge in [-0.15, -0.1) is 0 Å². The SMILES string of the molecule is Cc1cc2c(o1)CNc1c(C(=O)O)noc1-2. The Morgan fingerprint density at radius 3 is 3.19 bits per heavy atom. The minimum Gasteiger partial charge on any atom is -0.476 e. The first kappa shape index (κ1) is 9.02. The fourth-order valence-electron chi connectivity index (χ4n) is 1.84. The van der Waals surface area contributed by atoms with Crippen molar-refractivity contribution in [3.8, 4) is 11.3 Å². The molecular formula is C10H8N2O4. The second-order valence-electron chi connectivity index (χ2n) is 3.59. The van der Waals surface area contributed by atoms with Gasteiger partial charge in [-0.1, -0.05) is 5.16 Å². The van der Waals surface area contributed by atoms with Crippen molar-refractivity contribution in [2.24, 2.45) is 0 Å². The molecule has 82 valence electrons. The number of anilines is 1. The summed E-state index contributed by atoms with van der Waals surface area (Å²) in [6.07, 6.45) is 0. The fraction of sp³-hybridized carbons (Fsp3) is 0.200. The average Bonchev–Trinajstić information content (AvgIpc) is 2.77. The highest BCUT2D eigenvalue weighted by Crippen LogP contribution is 2.39. The molecule has 0 aromatic carbocycles. The van der Waals surface area contributed by atoms with Crippen LogP contribution in [0.5, 0.6) is 0 Å². The largest absolute Gasteiger partial charge is 0.476 e. The minimum absolute atomic E-state index is 0.0977. The van der Waals surface area contributed by atoms with Crippen LogP contribution in [0.3, 0.4) is 0 Å². The zero-order chi connectivity index (χ0) is 11.3. The molecule has 3 heterocycles. The van der Waals surface area contributed by atoms with Crippen molar-refractivity contribution in [1.82, 2.24) is 5.16 Å². The van der Waals surface area contributed by atoms with E-state index in [4.69, 9.17) is 14.0 Å². The summed E-state index contributed by atoms with van der Waals surface area (Å²) in [6, 6.07) is 1.81. The highest BCUT2D eigenvalue weighted by molar-refractivity contribution is 5.96. The molecule has 0 fully saturated rings. The first-order chi connectivity index (χ1) is 7.66. The zero-order valence-electron chi connectivity index (χ0n) is 8.40. The molecule has 3 rings (SSSR count). The van der Waals surface area contributed by atoms with Crippen LogP contribution < -0.4 is 5.32 Å². The zero-order valence-corrected chi connectivity index (χ0v) is 8.40.